The SMILES string of the molecule is CC(C)CC1(C(=O)N(CCCO)C(C)C)CCCC1. The minimum Gasteiger partial charge on any atom is -0.396 e. The standard InChI is InChI=1S/C16H31NO2/c1-13(2)12-16(8-5-6-9-16)15(19)17(14(3)4)10-7-11-18/h13-14,18H,5-12H2,1-4H3. The highest BCUT2D eigenvalue weighted by molar-refractivity contribution is 5.83. The largest absolute Gasteiger partial charge is 0.396 e. The van der Waals surface area contributed by atoms with E-state index in [4.69, 9.17) is 5.11 Å². The van der Waals surface area contributed by atoms with Crippen LogP contribution in [0.5, 0.6) is 0 Å². The minimum atomic E-state index is -0.117. The molecule has 0 aromatic heterocycles. The second-order valence-electron chi connectivity index (χ2n) is 6.75. The molecule has 3 nitrogen and oxygen atoms in total. The Morgan fingerprint density at radius 3 is 2.21 bits per heavy atom. The maximum atomic E-state index is 13.0. The van der Waals surface area contributed by atoms with E-state index >= 15 is 0 Å². The molecule has 0 radical (unpaired) electrons. The van der Waals surface area contributed by atoms with Crippen LogP contribution in [0.2, 0.25) is 0 Å². The lowest BCUT2D eigenvalue weighted by Crippen LogP contribution is -2.47. The third kappa shape index (κ3) is 4.20. The predicted molar refractivity (Wildman–Crippen MR) is 78.9 cm³/mol. The molecule has 0 aliphatic heterocycles. The number of nitrogens with zero attached hydrogens (tertiary/aromatic N) is 1. The van der Waals surface area contributed by atoms with E-state index in [1.54, 1.807) is 0 Å². The zero-order chi connectivity index (χ0) is 14.5. The molecule has 0 heterocycles. The maximum absolute atomic E-state index is 13.0. The average Bonchev–Trinajstić information content (AvgIpc) is 2.77. The first-order chi connectivity index (χ1) is 8.93. The Bertz CT molecular complexity index is 280. The molecule has 1 saturated carbocycles. The molecule has 1 N–H and O–H groups in total. The molecule has 0 atom stereocenters. The molecule has 0 bridgehead atoms. The molecule has 112 valence electrons. The second-order valence-corrected chi connectivity index (χ2v) is 6.75. The summed E-state index contributed by atoms with van der Waals surface area (Å²) in [6.07, 6.45) is 6.16. The van der Waals surface area contributed by atoms with Crippen LogP contribution in [0.4, 0.5) is 0 Å². The molecule has 1 rings (SSSR count). The number of aliphatic hydroxyl groups excluding tert-OH is 1. The number of hydrogen-bond acceptors (Lipinski definition) is 2. The fourth-order valence-electron chi connectivity index (χ4n) is 3.48. The van der Waals surface area contributed by atoms with Crippen LogP contribution in [0.15, 0.2) is 0 Å². The van der Waals surface area contributed by atoms with Crippen molar-refractivity contribution in [3.8, 4) is 0 Å². The Morgan fingerprint density at radius 2 is 1.79 bits per heavy atom. The Labute approximate surface area is 118 Å². The van der Waals surface area contributed by atoms with Crippen molar-refractivity contribution in [1.29, 1.82) is 0 Å². The summed E-state index contributed by atoms with van der Waals surface area (Å²) in [4.78, 5) is 15.0. The van der Waals surface area contributed by atoms with E-state index in [0.717, 1.165) is 19.3 Å². The first kappa shape index (κ1) is 16.5. The molecule has 3 heteroatoms. The molecule has 1 aliphatic carbocycles. The van der Waals surface area contributed by atoms with Gasteiger partial charge in [-0.15, -0.1) is 0 Å². The molecule has 1 amide bonds. The highest BCUT2D eigenvalue weighted by Gasteiger charge is 2.43. The zero-order valence-electron chi connectivity index (χ0n) is 13.1. The van der Waals surface area contributed by atoms with Gasteiger partial charge in [-0.05, 0) is 45.4 Å². The van der Waals surface area contributed by atoms with E-state index in [0.29, 0.717) is 24.8 Å². The second kappa shape index (κ2) is 7.28. The van der Waals surface area contributed by atoms with E-state index in [1.165, 1.54) is 12.8 Å². The first-order valence-corrected chi connectivity index (χ1v) is 7.85. The van der Waals surface area contributed by atoms with Crippen LogP contribution < -0.4 is 0 Å². The highest BCUT2D eigenvalue weighted by atomic mass is 16.3. The summed E-state index contributed by atoms with van der Waals surface area (Å²) in [6.45, 7) is 9.42. The normalized spacial score (nSPS) is 18.3. The summed E-state index contributed by atoms with van der Waals surface area (Å²) < 4.78 is 0. The summed E-state index contributed by atoms with van der Waals surface area (Å²) in [6, 6.07) is 0.226. The minimum absolute atomic E-state index is 0.117. The van der Waals surface area contributed by atoms with Gasteiger partial charge < -0.3 is 10.0 Å². The number of carbonyl (C=O) groups is 1. The van der Waals surface area contributed by atoms with Gasteiger partial charge in [0, 0.05) is 24.6 Å². The van der Waals surface area contributed by atoms with E-state index < -0.39 is 0 Å². The van der Waals surface area contributed by atoms with Gasteiger partial charge in [-0.25, -0.2) is 0 Å². The third-order valence-electron chi connectivity index (χ3n) is 4.25. The van der Waals surface area contributed by atoms with Crippen molar-refractivity contribution >= 4 is 5.91 Å². The van der Waals surface area contributed by atoms with Crippen LogP contribution in [0.25, 0.3) is 0 Å². The molecule has 1 fully saturated rings. The third-order valence-corrected chi connectivity index (χ3v) is 4.25. The molecule has 0 saturated heterocycles. The van der Waals surface area contributed by atoms with Gasteiger partial charge in [0.2, 0.25) is 5.91 Å². The van der Waals surface area contributed by atoms with Crippen LogP contribution in [0, 0.1) is 11.3 Å². The van der Waals surface area contributed by atoms with Crippen molar-refractivity contribution in [2.45, 2.75) is 72.3 Å². The maximum Gasteiger partial charge on any atom is 0.229 e. The molecular formula is C16H31NO2. The molecule has 0 aromatic rings. The van der Waals surface area contributed by atoms with Crippen molar-refractivity contribution in [3.63, 3.8) is 0 Å². The first-order valence-electron chi connectivity index (χ1n) is 7.85. The summed E-state index contributed by atoms with van der Waals surface area (Å²) in [5, 5.41) is 9.02. The van der Waals surface area contributed by atoms with Gasteiger partial charge in [0.15, 0.2) is 0 Å². The summed E-state index contributed by atoms with van der Waals surface area (Å²) in [5.74, 6) is 0.899. The number of carbonyl (C=O) groups excluding carboxylic acids is 1. The van der Waals surface area contributed by atoms with Crippen molar-refractivity contribution in [2.24, 2.45) is 11.3 Å². The summed E-state index contributed by atoms with van der Waals surface area (Å²) >= 11 is 0. The topological polar surface area (TPSA) is 40.5 Å². The smallest absolute Gasteiger partial charge is 0.229 e. The van der Waals surface area contributed by atoms with Crippen molar-refractivity contribution < 1.29 is 9.90 Å². The molecule has 0 unspecified atom stereocenters. The highest BCUT2D eigenvalue weighted by Crippen LogP contribution is 2.44. The lowest BCUT2D eigenvalue weighted by Gasteiger charge is -2.37. The monoisotopic (exact) mass is 269 g/mol. The van der Waals surface area contributed by atoms with Crippen LogP contribution >= 0.6 is 0 Å². The molecule has 19 heavy (non-hydrogen) atoms. The summed E-state index contributed by atoms with van der Waals surface area (Å²) in [5.41, 5.74) is -0.117. The van der Waals surface area contributed by atoms with Crippen LogP contribution in [-0.4, -0.2) is 35.1 Å². The summed E-state index contributed by atoms with van der Waals surface area (Å²) in [7, 11) is 0. The average molecular weight is 269 g/mol. The number of rotatable bonds is 7. The van der Waals surface area contributed by atoms with Crippen molar-refractivity contribution in [2.75, 3.05) is 13.2 Å². The van der Waals surface area contributed by atoms with Crippen LogP contribution in [0.3, 0.4) is 0 Å². The van der Waals surface area contributed by atoms with Gasteiger partial charge in [0.25, 0.3) is 0 Å². The van der Waals surface area contributed by atoms with Crippen molar-refractivity contribution in [1.82, 2.24) is 4.90 Å². The van der Waals surface area contributed by atoms with Gasteiger partial charge >= 0.3 is 0 Å². The van der Waals surface area contributed by atoms with Gasteiger partial charge in [-0.1, -0.05) is 26.7 Å². The lowest BCUT2D eigenvalue weighted by atomic mass is 9.77. The quantitative estimate of drug-likeness (QED) is 0.771. The van der Waals surface area contributed by atoms with Crippen LogP contribution in [0.1, 0.15) is 66.2 Å². The fraction of sp³-hybridized carbons (Fsp3) is 0.938. The van der Waals surface area contributed by atoms with E-state index in [-0.39, 0.29) is 18.1 Å². The van der Waals surface area contributed by atoms with Gasteiger partial charge in [0.05, 0.1) is 0 Å². The van der Waals surface area contributed by atoms with Crippen molar-refractivity contribution in [3.05, 3.63) is 0 Å². The van der Waals surface area contributed by atoms with Gasteiger partial charge in [0.1, 0.15) is 0 Å². The van der Waals surface area contributed by atoms with E-state index in [9.17, 15) is 4.79 Å². The Morgan fingerprint density at radius 1 is 1.21 bits per heavy atom. The lowest BCUT2D eigenvalue weighted by molar-refractivity contribution is -0.145. The number of aliphatic hydroxyl groups is 1. The zero-order valence-corrected chi connectivity index (χ0v) is 13.1. The Hall–Kier alpha value is -0.570. The Kier molecular flexibility index (Phi) is 6.31. The number of hydrogen-bond donors (Lipinski definition) is 1. The fourth-order valence-corrected chi connectivity index (χ4v) is 3.48. The molecule has 0 spiro atoms. The van der Waals surface area contributed by atoms with Crippen LogP contribution in [-0.2, 0) is 4.79 Å². The van der Waals surface area contributed by atoms with E-state index in [2.05, 4.69) is 27.7 Å². The van der Waals surface area contributed by atoms with Gasteiger partial charge in [-0.2, -0.15) is 0 Å². The molecular weight excluding hydrogens is 238 g/mol. The van der Waals surface area contributed by atoms with E-state index in [1.807, 2.05) is 4.90 Å². The molecule has 1 aliphatic rings. The van der Waals surface area contributed by atoms with Gasteiger partial charge in [-0.3, -0.25) is 4.79 Å². The molecule has 0 aromatic carbocycles. The number of amides is 1. The predicted octanol–water partition coefficient (Wildman–Crippen LogP) is 3.21. The Balaban J connectivity index is 2.84.